The Morgan fingerprint density at radius 3 is 2.88 bits per heavy atom. The van der Waals surface area contributed by atoms with E-state index in [0.29, 0.717) is 10.9 Å². The summed E-state index contributed by atoms with van der Waals surface area (Å²) in [4.78, 5) is 17.6. The zero-order valence-corrected chi connectivity index (χ0v) is 20.7. The summed E-state index contributed by atoms with van der Waals surface area (Å²) in [6, 6.07) is 12.3. The lowest BCUT2D eigenvalue weighted by Gasteiger charge is -2.37. The second-order valence-electron chi connectivity index (χ2n) is 9.48. The van der Waals surface area contributed by atoms with Crippen molar-refractivity contribution in [2.75, 3.05) is 26.1 Å². The maximum Gasteiger partial charge on any atom is 0.225 e. The molecule has 6 rings (SSSR count). The SMILES string of the molecule is CN(C)CC1CC(C2=C3C=NC=C[N+]3(Nc3cc4nc(-c5cccs5)ccc4cc3Cl)C=N2)C1. The molecule has 6 nitrogen and oxygen atoms in total. The maximum atomic E-state index is 6.73. The van der Waals surface area contributed by atoms with Gasteiger partial charge in [0.1, 0.15) is 11.4 Å². The van der Waals surface area contributed by atoms with Gasteiger partial charge in [-0.3, -0.25) is 4.99 Å². The van der Waals surface area contributed by atoms with Crippen LogP contribution in [-0.4, -0.2) is 47.7 Å². The summed E-state index contributed by atoms with van der Waals surface area (Å²) in [5.41, 5.74) is 8.50. The third-order valence-corrected chi connectivity index (χ3v) is 7.93. The number of pyridine rings is 1. The number of anilines is 1. The smallest absolute Gasteiger partial charge is 0.225 e. The van der Waals surface area contributed by atoms with E-state index in [2.05, 4.69) is 46.9 Å². The summed E-state index contributed by atoms with van der Waals surface area (Å²) in [5, 5.41) is 3.73. The van der Waals surface area contributed by atoms with Gasteiger partial charge in [-0.1, -0.05) is 23.7 Å². The van der Waals surface area contributed by atoms with Gasteiger partial charge in [0, 0.05) is 17.8 Å². The van der Waals surface area contributed by atoms with Crippen LogP contribution in [0.15, 0.2) is 75.6 Å². The molecule has 1 aromatic carbocycles. The zero-order chi connectivity index (χ0) is 23.3. The largest absolute Gasteiger partial charge is 0.309 e. The van der Waals surface area contributed by atoms with Crippen molar-refractivity contribution < 1.29 is 4.59 Å². The molecule has 8 heteroatoms. The number of thiophene rings is 1. The van der Waals surface area contributed by atoms with Crippen molar-refractivity contribution in [2.45, 2.75) is 12.8 Å². The highest BCUT2D eigenvalue weighted by Gasteiger charge is 2.44. The first-order chi connectivity index (χ1) is 16.5. The standard InChI is InChI=1S/C26H26ClN6S/c1-32(2)15-17-10-19(11-17)26-24-14-28-7-8-33(24,16-29-26)31-23-13-22-18(12-20(23)27)5-6-21(30-22)25-4-3-9-34-25/h3-9,12-14,16-17,19,31H,10-11,15H2,1-2H3/q+1. The predicted octanol–water partition coefficient (Wildman–Crippen LogP) is 6.16. The van der Waals surface area contributed by atoms with Crippen molar-refractivity contribution in [3.63, 3.8) is 0 Å². The number of hydrogen-bond donors (Lipinski definition) is 1. The van der Waals surface area contributed by atoms with Gasteiger partial charge in [-0.05, 0) is 62.5 Å². The molecule has 1 N–H and O–H groups in total. The Morgan fingerprint density at radius 1 is 1.21 bits per heavy atom. The molecule has 1 atom stereocenters. The quantitative estimate of drug-likeness (QED) is 0.422. The Bertz CT molecular complexity index is 1370. The summed E-state index contributed by atoms with van der Waals surface area (Å²) in [6.07, 6.45) is 10.0. The molecule has 1 aliphatic carbocycles. The van der Waals surface area contributed by atoms with Crippen molar-refractivity contribution in [1.29, 1.82) is 0 Å². The van der Waals surface area contributed by atoms with Crippen molar-refractivity contribution in [3.05, 3.63) is 70.6 Å². The fourth-order valence-electron chi connectivity index (χ4n) is 5.06. The number of aliphatic imine (C=N–C) groups is 2. The van der Waals surface area contributed by atoms with Crippen LogP contribution < -0.4 is 5.43 Å². The predicted molar refractivity (Wildman–Crippen MR) is 142 cm³/mol. The molecule has 0 bridgehead atoms. The summed E-state index contributed by atoms with van der Waals surface area (Å²) < 4.78 is 0.281. The number of allylic oxidation sites excluding steroid dienone is 2. The van der Waals surface area contributed by atoms with Crippen LogP contribution in [0.5, 0.6) is 0 Å². The topological polar surface area (TPSA) is 52.9 Å². The Kier molecular flexibility index (Phi) is 5.37. The summed E-state index contributed by atoms with van der Waals surface area (Å²) >= 11 is 8.42. The number of aromatic nitrogens is 1. The minimum absolute atomic E-state index is 0.281. The van der Waals surface area contributed by atoms with Gasteiger partial charge < -0.3 is 4.90 Å². The van der Waals surface area contributed by atoms with Crippen LogP contribution in [0.25, 0.3) is 21.5 Å². The van der Waals surface area contributed by atoms with Gasteiger partial charge in [0.25, 0.3) is 0 Å². The van der Waals surface area contributed by atoms with Crippen molar-refractivity contribution >= 4 is 52.1 Å². The lowest BCUT2D eigenvalue weighted by atomic mass is 9.72. The highest BCUT2D eigenvalue weighted by Crippen LogP contribution is 2.44. The molecule has 0 amide bonds. The van der Waals surface area contributed by atoms with Crippen LogP contribution in [0.2, 0.25) is 5.02 Å². The Morgan fingerprint density at radius 2 is 2.09 bits per heavy atom. The number of benzene rings is 1. The number of fused-ring (bicyclic) bond motifs is 2. The molecule has 2 aliphatic heterocycles. The van der Waals surface area contributed by atoms with Gasteiger partial charge in [-0.2, -0.15) is 4.99 Å². The Labute approximate surface area is 208 Å². The van der Waals surface area contributed by atoms with Gasteiger partial charge >= 0.3 is 0 Å². The third-order valence-electron chi connectivity index (χ3n) is 6.73. The summed E-state index contributed by atoms with van der Waals surface area (Å²) in [5.74, 6) is 1.20. The second kappa shape index (κ2) is 8.43. The highest BCUT2D eigenvalue weighted by molar-refractivity contribution is 7.13. The minimum atomic E-state index is 0.281. The Balaban J connectivity index is 1.32. The average Bonchev–Trinajstić information content (AvgIpc) is 3.45. The molecule has 172 valence electrons. The maximum absolute atomic E-state index is 6.73. The van der Waals surface area contributed by atoms with E-state index in [0.717, 1.165) is 63.9 Å². The van der Waals surface area contributed by atoms with Crippen LogP contribution >= 0.6 is 22.9 Å². The number of hydrogen-bond acceptors (Lipinski definition) is 6. The van der Waals surface area contributed by atoms with Crippen molar-refractivity contribution in [3.8, 4) is 10.6 Å². The lowest BCUT2D eigenvalue weighted by Crippen LogP contribution is -2.46. The minimum Gasteiger partial charge on any atom is -0.309 e. The number of rotatable bonds is 6. The van der Waals surface area contributed by atoms with E-state index in [1.807, 2.05) is 49.2 Å². The first-order valence-corrected chi connectivity index (χ1v) is 12.7. The molecule has 0 radical (unpaired) electrons. The van der Waals surface area contributed by atoms with E-state index in [9.17, 15) is 0 Å². The Hall–Kier alpha value is -2.84. The molecule has 34 heavy (non-hydrogen) atoms. The van der Waals surface area contributed by atoms with Crippen molar-refractivity contribution in [1.82, 2.24) is 9.88 Å². The number of nitrogens with zero attached hydrogens (tertiary/aromatic N) is 5. The molecule has 2 aromatic heterocycles. The van der Waals surface area contributed by atoms with Crippen molar-refractivity contribution in [2.24, 2.45) is 21.8 Å². The normalized spacial score (nSPS) is 25.3. The first-order valence-electron chi connectivity index (χ1n) is 11.5. The van der Waals surface area contributed by atoms with Gasteiger partial charge in [0.2, 0.25) is 12.0 Å². The molecule has 1 fully saturated rings. The van der Waals surface area contributed by atoms with Crippen LogP contribution in [0.4, 0.5) is 5.69 Å². The number of nitrogens with one attached hydrogen (secondary N) is 1. The van der Waals surface area contributed by atoms with E-state index >= 15 is 0 Å². The third kappa shape index (κ3) is 3.79. The van der Waals surface area contributed by atoms with E-state index < -0.39 is 0 Å². The molecule has 0 spiro atoms. The zero-order valence-electron chi connectivity index (χ0n) is 19.1. The monoisotopic (exact) mass is 489 g/mol. The molecule has 1 saturated carbocycles. The van der Waals surface area contributed by atoms with Crippen LogP contribution in [-0.2, 0) is 0 Å². The fraction of sp³-hybridized carbons (Fsp3) is 0.269. The molecule has 3 aromatic rings. The van der Waals surface area contributed by atoms with Gasteiger partial charge in [-0.25, -0.2) is 10.4 Å². The number of halogens is 1. The number of quaternary nitrogens is 1. The van der Waals surface area contributed by atoms with Crippen LogP contribution in [0, 0.1) is 11.8 Å². The van der Waals surface area contributed by atoms with E-state index in [-0.39, 0.29) is 4.59 Å². The molecular weight excluding hydrogens is 464 g/mol. The van der Waals surface area contributed by atoms with Crippen LogP contribution in [0.1, 0.15) is 12.8 Å². The molecule has 1 unspecified atom stereocenters. The van der Waals surface area contributed by atoms with Gasteiger partial charge in [-0.15, -0.1) is 15.9 Å². The average molecular weight is 490 g/mol. The molecule has 3 aliphatic rings. The highest BCUT2D eigenvalue weighted by atomic mass is 35.5. The van der Waals surface area contributed by atoms with E-state index in [4.69, 9.17) is 21.6 Å². The summed E-state index contributed by atoms with van der Waals surface area (Å²) in [6.45, 7) is 1.13. The first kappa shape index (κ1) is 21.7. The fourth-order valence-corrected chi connectivity index (χ4v) is 5.97. The molecule has 0 saturated heterocycles. The second-order valence-corrected chi connectivity index (χ2v) is 10.8. The molecular formula is C26H26ClN6S+. The van der Waals surface area contributed by atoms with E-state index in [1.165, 1.54) is 0 Å². The van der Waals surface area contributed by atoms with Gasteiger partial charge in [0.05, 0.1) is 33.5 Å². The summed E-state index contributed by atoms with van der Waals surface area (Å²) in [7, 11) is 4.28. The van der Waals surface area contributed by atoms with Crippen LogP contribution in [0.3, 0.4) is 0 Å². The van der Waals surface area contributed by atoms with Gasteiger partial charge in [0.15, 0.2) is 6.20 Å². The lowest BCUT2D eigenvalue weighted by molar-refractivity contribution is -0.705. The molecule has 4 heterocycles. The van der Waals surface area contributed by atoms with E-state index in [1.54, 1.807) is 11.3 Å².